The maximum Gasteiger partial charge on any atom is 0.307 e. The number of nitrogens with zero attached hydrogens (tertiary/aromatic N) is 2. The van der Waals surface area contributed by atoms with Gasteiger partial charge in [0.2, 0.25) is 0 Å². The molecule has 1 aromatic rings. The predicted molar refractivity (Wildman–Crippen MR) is 93.8 cm³/mol. The van der Waals surface area contributed by atoms with Gasteiger partial charge in [-0.2, -0.15) is 0 Å². The lowest BCUT2D eigenvalue weighted by molar-refractivity contribution is -0.136. The fraction of sp³-hybridized carbons (Fsp3) is 0.588. The number of sulfone groups is 1. The zero-order chi connectivity index (χ0) is 17.7. The van der Waals surface area contributed by atoms with Crippen LogP contribution in [0, 0.1) is 0 Å². The molecular formula is C17H26N2O4S. The highest BCUT2D eigenvalue weighted by atomic mass is 32.2. The molecule has 1 N–H and O–H groups in total. The molecule has 1 unspecified atom stereocenters. The van der Waals surface area contributed by atoms with Crippen LogP contribution < -0.4 is 0 Å². The maximum atomic E-state index is 11.8. The van der Waals surface area contributed by atoms with Crippen LogP contribution in [0.3, 0.4) is 0 Å². The molecule has 0 aromatic heterocycles. The lowest BCUT2D eigenvalue weighted by Gasteiger charge is -2.29. The van der Waals surface area contributed by atoms with Gasteiger partial charge in [-0.05, 0) is 31.6 Å². The van der Waals surface area contributed by atoms with Crippen LogP contribution in [0.4, 0.5) is 0 Å². The van der Waals surface area contributed by atoms with Crippen LogP contribution in [0.2, 0.25) is 0 Å². The van der Waals surface area contributed by atoms with Crippen molar-refractivity contribution in [2.24, 2.45) is 0 Å². The van der Waals surface area contributed by atoms with Crippen molar-refractivity contribution < 1.29 is 18.3 Å². The normalized spacial score (nSPS) is 19.9. The van der Waals surface area contributed by atoms with Gasteiger partial charge in [0.25, 0.3) is 0 Å². The molecule has 0 spiro atoms. The quantitative estimate of drug-likeness (QED) is 0.746. The van der Waals surface area contributed by atoms with E-state index in [0.29, 0.717) is 13.0 Å². The van der Waals surface area contributed by atoms with E-state index in [1.54, 1.807) is 0 Å². The van der Waals surface area contributed by atoms with E-state index in [1.807, 2.05) is 38.4 Å². The Kier molecular flexibility index (Phi) is 6.37. The van der Waals surface area contributed by atoms with Gasteiger partial charge in [-0.15, -0.1) is 0 Å². The van der Waals surface area contributed by atoms with Crippen molar-refractivity contribution >= 4 is 15.8 Å². The molecule has 0 bridgehead atoms. The third kappa shape index (κ3) is 5.89. The minimum Gasteiger partial charge on any atom is -0.481 e. The van der Waals surface area contributed by atoms with Crippen LogP contribution in [0.5, 0.6) is 0 Å². The molecule has 1 aliphatic rings. The summed E-state index contributed by atoms with van der Waals surface area (Å²) in [7, 11) is 1.10. The first-order valence-corrected chi connectivity index (χ1v) is 9.96. The number of aliphatic carboxylic acids is 1. The smallest absolute Gasteiger partial charge is 0.307 e. The van der Waals surface area contributed by atoms with E-state index in [4.69, 9.17) is 5.11 Å². The monoisotopic (exact) mass is 354 g/mol. The summed E-state index contributed by atoms with van der Waals surface area (Å²) in [4.78, 5) is 15.1. The maximum absolute atomic E-state index is 11.8. The van der Waals surface area contributed by atoms with Crippen molar-refractivity contribution in [3.63, 3.8) is 0 Å². The number of benzene rings is 1. The zero-order valence-corrected chi connectivity index (χ0v) is 15.1. The highest BCUT2D eigenvalue weighted by molar-refractivity contribution is 7.91. The number of likely N-dealkylation sites (N-methyl/N-ethyl adjacent to an activating group) is 1. The second kappa shape index (κ2) is 8.09. The number of rotatable bonds is 8. The summed E-state index contributed by atoms with van der Waals surface area (Å²) >= 11 is 0. The van der Waals surface area contributed by atoms with Gasteiger partial charge in [0.1, 0.15) is 0 Å². The van der Waals surface area contributed by atoms with Gasteiger partial charge in [-0.3, -0.25) is 9.69 Å². The van der Waals surface area contributed by atoms with E-state index >= 15 is 0 Å². The van der Waals surface area contributed by atoms with E-state index in [9.17, 15) is 13.2 Å². The Morgan fingerprint density at radius 1 is 1.17 bits per heavy atom. The standard InChI is InChI=1S/C17H26N2O4S/c1-18(2)8-9-19(16-7-10-24(22,23)13-16)12-15-5-3-14(4-6-15)11-17(20)21/h3-6,16H,7-13H2,1-2H3,(H,20,21). The molecule has 134 valence electrons. The molecular weight excluding hydrogens is 328 g/mol. The van der Waals surface area contributed by atoms with Crippen molar-refractivity contribution in [2.75, 3.05) is 38.7 Å². The first-order chi connectivity index (χ1) is 11.2. The molecule has 7 heteroatoms. The first kappa shape index (κ1) is 18.9. The third-order valence-corrected chi connectivity index (χ3v) is 6.07. The largest absolute Gasteiger partial charge is 0.481 e. The molecule has 2 rings (SSSR count). The Morgan fingerprint density at radius 3 is 2.29 bits per heavy atom. The second-order valence-corrected chi connectivity index (χ2v) is 8.95. The summed E-state index contributed by atoms with van der Waals surface area (Å²) in [6, 6.07) is 7.60. The molecule has 1 saturated heterocycles. The lowest BCUT2D eigenvalue weighted by atomic mass is 10.1. The molecule has 1 aromatic carbocycles. The summed E-state index contributed by atoms with van der Waals surface area (Å²) < 4.78 is 23.6. The molecule has 0 radical (unpaired) electrons. The molecule has 0 saturated carbocycles. The Labute approximate surface area is 144 Å². The number of hydrogen-bond donors (Lipinski definition) is 1. The van der Waals surface area contributed by atoms with Gasteiger partial charge >= 0.3 is 5.97 Å². The highest BCUT2D eigenvalue weighted by Crippen LogP contribution is 2.20. The second-order valence-electron chi connectivity index (χ2n) is 6.72. The molecule has 0 amide bonds. The number of carboxylic acids is 1. The third-order valence-electron chi connectivity index (χ3n) is 4.32. The van der Waals surface area contributed by atoms with E-state index in [0.717, 1.165) is 24.2 Å². The Hall–Kier alpha value is -1.44. The summed E-state index contributed by atoms with van der Waals surface area (Å²) in [5, 5.41) is 8.83. The van der Waals surface area contributed by atoms with Crippen LogP contribution in [0.15, 0.2) is 24.3 Å². The predicted octanol–water partition coefficient (Wildman–Crippen LogP) is 0.864. The number of carboxylic acid groups (broad SMARTS) is 1. The van der Waals surface area contributed by atoms with Gasteiger partial charge < -0.3 is 10.0 Å². The van der Waals surface area contributed by atoms with Crippen molar-refractivity contribution in [1.29, 1.82) is 0 Å². The van der Waals surface area contributed by atoms with Crippen molar-refractivity contribution in [3.05, 3.63) is 35.4 Å². The summed E-state index contributed by atoms with van der Waals surface area (Å²) in [6.07, 6.45) is 0.707. The SMILES string of the molecule is CN(C)CCN(Cc1ccc(CC(=O)O)cc1)C1CCS(=O)(=O)C1. The van der Waals surface area contributed by atoms with E-state index in [1.165, 1.54) is 0 Å². The number of carbonyl (C=O) groups is 1. The fourth-order valence-corrected chi connectivity index (χ4v) is 4.72. The summed E-state index contributed by atoms with van der Waals surface area (Å²) in [5.74, 6) is -0.336. The Balaban J connectivity index is 2.05. The van der Waals surface area contributed by atoms with Crippen LogP contribution >= 0.6 is 0 Å². The van der Waals surface area contributed by atoms with Gasteiger partial charge in [0.15, 0.2) is 9.84 Å². The van der Waals surface area contributed by atoms with E-state index in [2.05, 4.69) is 9.80 Å². The van der Waals surface area contributed by atoms with Gasteiger partial charge in [0, 0.05) is 25.7 Å². The van der Waals surface area contributed by atoms with E-state index in [-0.39, 0.29) is 24.0 Å². The lowest BCUT2D eigenvalue weighted by Crippen LogP contribution is -2.40. The summed E-state index contributed by atoms with van der Waals surface area (Å²) in [5.41, 5.74) is 1.85. The van der Waals surface area contributed by atoms with Crippen molar-refractivity contribution in [1.82, 2.24) is 9.80 Å². The van der Waals surface area contributed by atoms with Crippen LogP contribution in [0.25, 0.3) is 0 Å². The molecule has 0 aliphatic carbocycles. The molecule has 1 fully saturated rings. The van der Waals surface area contributed by atoms with Gasteiger partial charge in [-0.25, -0.2) is 8.42 Å². The van der Waals surface area contributed by atoms with Crippen molar-refractivity contribution in [3.8, 4) is 0 Å². The van der Waals surface area contributed by atoms with Crippen LogP contribution in [-0.4, -0.2) is 74.0 Å². The van der Waals surface area contributed by atoms with E-state index < -0.39 is 15.8 Å². The topological polar surface area (TPSA) is 77.9 Å². The Morgan fingerprint density at radius 2 is 1.79 bits per heavy atom. The van der Waals surface area contributed by atoms with Crippen LogP contribution in [-0.2, 0) is 27.6 Å². The van der Waals surface area contributed by atoms with Crippen LogP contribution in [0.1, 0.15) is 17.5 Å². The highest BCUT2D eigenvalue weighted by Gasteiger charge is 2.32. The average molecular weight is 354 g/mol. The minimum absolute atomic E-state index is 0.0193. The van der Waals surface area contributed by atoms with Crippen molar-refractivity contribution in [2.45, 2.75) is 25.4 Å². The fourth-order valence-electron chi connectivity index (χ4n) is 2.95. The van der Waals surface area contributed by atoms with Gasteiger partial charge in [0.05, 0.1) is 17.9 Å². The first-order valence-electron chi connectivity index (χ1n) is 8.14. The Bertz CT molecular complexity index is 656. The number of hydrogen-bond acceptors (Lipinski definition) is 5. The molecule has 1 heterocycles. The van der Waals surface area contributed by atoms with Gasteiger partial charge in [-0.1, -0.05) is 24.3 Å². The molecule has 24 heavy (non-hydrogen) atoms. The molecule has 6 nitrogen and oxygen atoms in total. The zero-order valence-electron chi connectivity index (χ0n) is 14.3. The minimum atomic E-state index is -2.91. The summed E-state index contributed by atoms with van der Waals surface area (Å²) in [6.45, 7) is 2.36. The average Bonchev–Trinajstić information content (AvgIpc) is 2.84. The molecule has 1 atom stereocenters. The molecule has 1 aliphatic heterocycles.